The Balaban J connectivity index is 2.71. The van der Waals surface area contributed by atoms with E-state index in [2.05, 4.69) is 10.4 Å². The second-order valence-corrected chi connectivity index (χ2v) is 4.14. The van der Waals surface area contributed by atoms with E-state index in [4.69, 9.17) is 5.73 Å². The van der Waals surface area contributed by atoms with Crippen molar-refractivity contribution in [2.45, 2.75) is 26.3 Å². The second-order valence-electron chi connectivity index (χ2n) is 4.14. The van der Waals surface area contributed by atoms with E-state index in [1.807, 2.05) is 13.8 Å². The molecule has 6 heteroatoms. The van der Waals surface area contributed by atoms with E-state index >= 15 is 0 Å². The fourth-order valence-electron chi connectivity index (χ4n) is 2.03. The average molecular weight is 208 g/mol. The quantitative estimate of drug-likeness (QED) is 0.633. The number of carbonyl (C=O) groups excluding carboxylic acids is 2. The summed E-state index contributed by atoms with van der Waals surface area (Å²) in [6.07, 6.45) is 0. The normalized spacial score (nSPS) is 17.4. The van der Waals surface area contributed by atoms with Gasteiger partial charge in [0.1, 0.15) is 0 Å². The van der Waals surface area contributed by atoms with Crippen molar-refractivity contribution < 1.29 is 9.59 Å². The second kappa shape index (κ2) is 2.59. The Labute approximate surface area is 86.4 Å². The summed E-state index contributed by atoms with van der Waals surface area (Å²) in [4.78, 5) is 22.6. The van der Waals surface area contributed by atoms with Crippen molar-refractivity contribution >= 4 is 11.9 Å². The largest absolute Gasteiger partial charge is 0.350 e. The van der Waals surface area contributed by atoms with Crippen molar-refractivity contribution in [3.05, 3.63) is 17.0 Å². The molecule has 2 amide bonds. The molecule has 0 saturated heterocycles. The molecule has 0 radical (unpaired) electrons. The minimum atomic E-state index is -0.675. The number of nitrogens with zero attached hydrogens (tertiary/aromatic N) is 2. The van der Waals surface area contributed by atoms with Crippen LogP contribution in [0.25, 0.3) is 0 Å². The first kappa shape index (κ1) is 9.70. The number of carbonyl (C=O) groups is 2. The monoisotopic (exact) mass is 208 g/mol. The molecule has 80 valence electrons. The molecule has 2 rings (SSSR count). The van der Waals surface area contributed by atoms with Crippen molar-refractivity contribution in [2.24, 2.45) is 5.73 Å². The number of primary amides is 1. The lowest BCUT2D eigenvalue weighted by Gasteiger charge is -2.19. The molecule has 1 aliphatic heterocycles. The summed E-state index contributed by atoms with van der Waals surface area (Å²) in [5.41, 5.74) is 6.29. The van der Waals surface area contributed by atoms with E-state index < -0.39 is 11.6 Å². The number of hydrogen-bond acceptors (Lipinski definition) is 3. The molecular weight excluding hydrogens is 196 g/mol. The van der Waals surface area contributed by atoms with Crippen LogP contribution >= 0.6 is 0 Å². The van der Waals surface area contributed by atoms with Crippen LogP contribution in [0.2, 0.25) is 0 Å². The van der Waals surface area contributed by atoms with E-state index in [-0.39, 0.29) is 11.6 Å². The fourth-order valence-corrected chi connectivity index (χ4v) is 2.03. The molecular formula is C9H12N4O2. The van der Waals surface area contributed by atoms with E-state index in [1.165, 1.54) is 0 Å². The van der Waals surface area contributed by atoms with Crippen molar-refractivity contribution in [3.8, 4) is 0 Å². The Morgan fingerprint density at radius 2 is 2.13 bits per heavy atom. The van der Waals surface area contributed by atoms with E-state index in [0.717, 1.165) is 10.2 Å². The zero-order valence-electron chi connectivity index (χ0n) is 8.79. The third kappa shape index (κ3) is 1.14. The van der Waals surface area contributed by atoms with Crippen LogP contribution < -0.4 is 11.1 Å². The number of nitrogens with one attached hydrogen (secondary N) is 1. The Morgan fingerprint density at radius 1 is 1.53 bits per heavy atom. The van der Waals surface area contributed by atoms with Gasteiger partial charge in [-0.2, -0.15) is 9.78 Å². The molecule has 6 nitrogen and oxygen atoms in total. The Kier molecular flexibility index (Phi) is 1.67. The summed E-state index contributed by atoms with van der Waals surface area (Å²) in [7, 11) is 0. The number of fused-ring (bicyclic) bond motifs is 1. The van der Waals surface area contributed by atoms with Gasteiger partial charge in [-0.1, -0.05) is 0 Å². The molecule has 0 atom stereocenters. The summed E-state index contributed by atoms with van der Waals surface area (Å²) < 4.78 is 1.06. The Bertz CT molecular complexity index is 473. The molecule has 0 spiro atoms. The molecule has 1 aromatic heterocycles. The van der Waals surface area contributed by atoms with Gasteiger partial charge in [-0.3, -0.25) is 4.79 Å². The number of nitrogens with two attached hydrogens (primary N) is 1. The molecule has 1 aliphatic rings. The third-order valence-electron chi connectivity index (χ3n) is 2.59. The minimum absolute atomic E-state index is 0.266. The Hall–Kier alpha value is -1.85. The van der Waals surface area contributed by atoms with E-state index in [9.17, 15) is 9.59 Å². The number of rotatable bonds is 0. The van der Waals surface area contributed by atoms with E-state index in [0.29, 0.717) is 5.69 Å². The van der Waals surface area contributed by atoms with Crippen molar-refractivity contribution in [1.29, 1.82) is 0 Å². The molecule has 1 aromatic rings. The van der Waals surface area contributed by atoms with Crippen LogP contribution in [0.4, 0.5) is 4.79 Å². The minimum Gasteiger partial charge on any atom is -0.350 e. The molecule has 2 heterocycles. The van der Waals surface area contributed by atoms with Crippen molar-refractivity contribution in [1.82, 2.24) is 15.1 Å². The number of amides is 2. The van der Waals surface area contributed by atoms with Crippen LogP contribution in [0.3, 0.4) is 0 Å². The van der Waals surface area contributed by atoms with Crippen LogP contribution in [-0.4, -0.2) is 21.7 Å². The zero-order chi connectivity index (χ0) is 11.4. The Morgan fingerprint density at radius 3 is 2.60 bits per heavy atom. The van der Waals surface area contributed by atoms with Crippen molar-refractivity contribution in [3.63, 3.8) is 0 Å². The summed E-state index contributed by atoms with van der Waals surface area (Å²) in [6.45, 7) is 5.44. The van der Waals surface area contributed by atoms with Crippen LogP contribution in [0.5, 0.6) is 0 Å². The predicted octanol–water partition coefficient (Wildman–Crippen LogP) is 0.0968. The SMILES string of the molecule is Cc1c2c(nn1C(N)=O)C(=O)NC2(C)C. The number of hydrogen-bond donors (Lipinski definition) is 2. The highest BCUT2D eigenvalue weighted by Crippen LogP contribution is 2.32. The highest BCUT2D eigenvalue weighted by atomic mass is 16.2. The molecule has 15 heavy (non-hydrogen) atoms. The van der Waals surface area contributed by atoms with Gasteiger partial charge in [-0.25, -0.2) is 4.79 Å². The van der Waals surface area contributed by atoms with Gasteiger partial charge < -0.3 is 11.1 Å². The first-order chi connectivity index (χ1) is 6.84. The molecule has 3 N–H and O–H groups in total. The van der Waals surface area contributed by atoms with Crippen LogP contribution in [0.15, 0.2) is 0 Å². The number of aromatic nitrogens is 2. The molecule has 0 unspecified atom stereocenters. The zero-order valence-corrected chi connectivity index (χ0v) is 8.79. The van der Waals surface area contributed by atoms with Crippen molar-refractivity contribution in [2.75, 3.05) is 0 Å². The van der Waals surface area contributed by atoms with Gasteiger partial charge in [0.15, 0.2) is 5.69 Å². The molecule has 0 saturated carbocycles. The van der Waals surface area contributed by atoms with E-state index in [1.54, 1.807) is 6.92 Å². The summed E-state index contributed by atoms with van der Waals surface area (Å²) in [5.74, 6) is -0.266. The third-order valence-corrected chi connectivity index (χ3v) is 2.59. The van der Waals surface area contributed by atoms with Gasteiger partial charge in [0.25, 0.3) is 5.91 Å². The average Bonchev–Trinajstić information content (AvgIpc) is 2.51. The van der Waals surface area contributed by atoms with Gasteiger partial charge in [-0.15, -0.1) is 0 Å². The highest BCUT2D eigenvalue weighted by molar-refractivity contribution is 5.99. The van der Waals surface area contributed by atoms with Gasteiger partial charge in [0.05, 0.1) is 11.2 Å². The summed E-state index contributed by atoms with van der Waals surface area (Å²) in [5, 5.41) is 6.68. The molecule has 0 aromatic carbocycles. The topological polar surface area (TPSA) is 90.0 Å². The first-order valence-corrected chi connectivity index (χ1v) is 4.57. The van der Waals surface area contributed by atoms with Gasteiger partial charge in [-0.05, 0) is 20.8 Å². The summed E-state index contributed by atoms with van der Waals surface area (Å²) >= 11 is 0. The summed E-state index contributed by atoms with van der Waals surface area (Å²) in [6, 6.07) is -0.675. The maximum absolute atomic E-state index is 11.5. The van der Waals surface area contributed by atoms with Gasteiger partial charge >= 0.3 is 6.03 Å². The maximum atomic E-state index is 11.5. The maximum Gasteiger partial charge on any atom is 0.339 e. The fraction of sp³-hybridized carbons (Fsp3) is 0.444. The van der Waals surface area contributed by atoms with Crippen LogP contribution in [-0.2, 0) is 5.54 Å². The lowest BCUT2D eigenvalue weighted by molar-refractivity contribution is 0.0934. The standard InChI is InChI=1S/C9H12N4O2/c1-4-5-6(12-13(4)8(10)15)7(14)11-9(5,2)3/h1-3H3,(H2,10,15)(H,11,14). The van der Waals surface area contributed by atoms with Crippen LogP contribution in [0, 0.1) is 6.92 Å². The molecule has 0 fully saturated rings. The molecule has 0 bridgehead atoms. The highest BCUT2D eigenvalue weighted by Gasteiger charge is 2.40. The van der Waals surface area contributed by atoms with Crippen LogP contribution in [0.1, 0.15) is 35.6 Å². The van der Waals surface area contributed by atoms with Gasteiger partial charge in [0.2, 0.25) is 0 Å². The predicted molar refractivity (Wildman–Crippen MR) is 52.4 cm³/mol. The smallest absolute Gasteiger partial charge is 0.339 e. The first-order valence-electron chi connectivity index (χ1n) is 4.57. The van der Waals surface area contributed by atoms with Gasteiger partial charge in [0, 0.05) is 5.56 Å². The lowest BCUT2D eigenvalue weighted by Crippen LogP contribution is -2.35. The molecule has 0 aliphatic carbocycles. The lowest BCUT2D eigenvalue weighted by atomic mass is 9.96.